The Labute approximate surface area is 295 Å². The second-order valence-electron chi connectivity index (χ2n) is 12.7. The molecular weight excluding hydrogens is 674 g/mol. The molecule has 1 aromatic carbocycles. The average Bonchev–Trinajstić information content (AvgIpc) is 3.03. The van der Waals surface area contributed by atoms with Crippen molar-refractivity contribution in [2.75, 3.05) is 46.1 Å². The van der Waals surface area contributed by atoms with Crippen LogP contribution in [0.15, 0.2) is 23.3 Å². The molecule has 274 valence electrons. The first-order chi connectivity index (χ1) is 23.7. The number of likely N-dealkylation sites (tertiary alicyclic amines) is 1. The van der Waals surface area contributed by atoms with Crippen LogP contribution in [0.4, 0.5) is 9.59 Å². The Morgan fingerprint density at radius 2 is 1.78 bits per heavy atom. The van der Waals surface area contributed by atoms with Gasteiger partial charge in [0.1, 0.15) is 5.60 Å². The number of aliphatic hydroxyl groups excluding tert-OH is 1. The molecular formula is C34H46ClN5O10. The number of carbonyl (C=O) groups is 4. The lowest BCUT2D eigenvalue weighted by molar-refractivity contribution is -0.122. The molecule has 1 aromatic heterocycles. The van der Waals surface area contributed by atoms with Gasteiger partial charge in [0.25, 0.3) is 5.56 Å². The van der Waals surface area contributed by atoms with Gasteiger partial charge in [0.15, 0.2) is 5.78 Å². The number of ether oxygens (including phenoxy) is 3. The number of piperidine rings is 1. The monoisotopic (exact) mass is 719 g/mol. The zero-order chi connectivity index (χ0) is 36.7. The number of carboxylic acid groups (broad SMARTS) is 1. The number of amides is 3. The molecule has 3 rings (SSSR count). The number of rotatable bonds is 16. The van der Waals surface area contributed by atoms with Crippen LogP contribution in [0.3, 0.4) is 0 Å². The fourth-order valence-corrected chi connectivity index (χ4v) is 5.31. The van der Waals surface area contributed by atoms with Crippen LogP contribution in [0.1, 0.15) is 64.9 Å². The van der Waals surface area contributed by atoms with Gasteiger partial charge < -0.3 is 40.0 Å². The number of carbonyl (C=O) groups excluding carboxylic acids is 3. The summed E-state index contributed by atoms with van der Waals surface area (Å²) in [7, 11) is 0. The minimum Gasteiger partial charge on any atom is -0.465 e. The van der Waals surface area contributed by atoms with Gasteiger partial charge in [0.2, 0.25) is 5.91 Å². The zero-order valence-electron chi connectivity index (χ0n) is 28.7. The minimum atomic E-state index is -1.20. The third-order valence-electron chi connectivity index (χ3n) is 7.47. The quantitative estimate of drug-likeness (QED) is 0.147. The summed E-state index contributed by atoms with van der Waals surface area (Å²) in [5.41, 5.74) is -0.236. The third-order valence-corrected chi connectivity index (χ3v) is 7.78. The van der Waals surface area contributed by atoms with Crippen molar-refractivity contribution in [2.45, 2.75) is 83.6 Å². The molecule has 0 radical (unpaired) electrons. The number of unbranched alkanes of at least 4 members (excludes halogenated alkanes) is 1. The number of nitrogens with one attached hydrogen (secondary N) is 2. The summed E-state index contributed by atoms with van der Waals surface area (Å²) in [5.74, 6) is 5.40. The number of benzene rings is 1. The molecule has 16 heteroatoms. The van der Waals surface area contributed by atoms with E-state index in [0.717, 1.165) is 9.47 Å². The predicted octanol–water partition coefficient (Wildman–Crippen LogP) is 2.71. The van der Waals surface area contributed by atoms with Crippen molar-refractivity contribution in [3.05, 3.63) is 39.4 Å². The summed E-state index contributed by atoms with van der Waals surface area (Å²) in [6.07, 6.45) is 0.506. The van der Waals surface area contributed by atoms with E-state index in [2.05, 4.69) is 27.5 Å². The van der Waals surface area contributed by atoms with Gasteiger partial charge in [0.05, 0.1) is 67.4 Å². The van der Waals surface area contributed by atoms with Gasteiger partial charge in [-0.2, -0.15) is 0 Å². The standard InChI is InChI=1S/C34H46ClN5O10/c1-34(2,3)50-32(45)37-12-15-49-17-16-48-14-11-36-30(43)10-6-4-5-8-23-18-27-25(20-26(23)35)31(44)39(22-38-27)21-24(41)19-28-29(42)9-7-13-40(28)33(46)47/h18,20,22,28-29,42H,4,6-7,9-17,19,21H2,1-3H3,(H,36,43)(H,37,45)(H,46,47). The van der Waals surface area contributed by atoms with Crippen molar-refractivity contribution in [2.24, 2.45) is 0 Å². The molecule has 0 aliphatic carbocycles. The van der Waals surface area contributed by atoms with Crippen LogP contribution in [0.5, 0.6) is 0 Å². The van der Waals surface area contributed by atoms with Crippen molar-refractivity contribution in [1.82, 2.24) is 25.1 Å². The molecule has 2 heterocycles. The van der Waals surface area contributed by atoms with E-state index in [4.69, 9.17) is 25.8 Å². The van der Waals surface area contributed by atoms with E-state index in [9.17, 15) is 34.2 Å². The largest absolute Gasteiger partial charge is 0.465 e. The molecule has 15 nitrogen and oxygen atoms in total. The SMILES string of the molecule is CC(C)(C)OC(=O)NCCOCCOCCNC(=O)CCCC#Cc1cc2ncn(CC(=O)CC3C(O)CCCN3C(=O)O)c(=O)c2cc1Cl. The van der Waals surface area contributed by atoms with E-state index in [1.165, 1.54) is 12.4 Å². The molecule has 4 N–H and O–H groups in total. The first-order valence-electron chi connectivity index (χ1n) is 16.5. The molecule has 1 fully saturated rings. The summed E-state index contributed by atoms with van der Waals surface area (Å²) in [4.78, 5) is 66.4. The fraction of sp³-hybridized carbons (Fsp3) is 0.588. The van der Waals surface area contributed by atoms with Crippen LogP contribution in [-0.4, -0.2) is 112 Å². The van der Waals surface area contributed by atoms with E-state index in [1.807, 2.05) is 0 Å². The van der Waals surface area contributed by atoms with Crippen molar-refractivity contribution < 1.29 is 43.6 Å². The summed E-state index contributed by atoms with van der Waals surface area (Å²) >= 11 is 6.40. The Bertz CT molecular complexity index is 1610. The molecule has 2 unspecified atom stereocenters. The average molecular weight is 720 g/mol. The van der Waals surface area contributed by atoms with E-state index in [1.54, 1.807) is 26.8 Å². The van der Waals surface area contributed by atoms with Gasteiger partial charge in [-0.1, -0.05) is 23.4 Å². The number of fused-ring (bicyclic) bond motifs is 1. The summed E-state index contributed by atoms with van der Waals surface area (Å²) in [6, 6.07) is 2.16. The van der Waals surface area contributed by atoms with Gasteiger partial charge in [-0.25, -0.2) is 14.6 Å². The molecule has 50 heavy (non-hydrogen) atoms. The van der Waals surface area contributed by atoms with E-state index in [-0.39, 0.29) is 42.2 Å². The molecule has 1 saturated heterocycles. The molecule has 2 aromatic rings. The Balaban J connectivity index is 1.35. The van der Waals surface area contributed by atoms with Gasteiger partial charge in [0, 0.05) is 44.5 Å². The highest BCUT2D eigenvalue weighted by atomic mass is 35.5. The maximum absolute atomic E-state index is 13.1. The number of ketones is 1. The lowest BCUT2D eigenvalue weighted by atomic mass is 9.95. The van der Waals surface area contributed by atoms with Crippen LogP contribution in [0.25, 0.3) is 10.9 Å². The van der Waals surface area contributed by atoms with Crippen LogP contribution in [0.2, 0.25) is 5.02 Å². The van der Waals surface area contributed by atoms with Crippen LogP contribution in [-0.2, 0) is 30.3 Å². The molecule has 0 spiro atoms. The van der Waals surface area contributed by atoms with E-state index in [0.29, 0.717) is 76.3 Å². The van der Waals surface area contributed by atoms with Gasteiger partial charge in [-0.05, 0) is 52.2 Å². The number of aromatic nitrogens is 2. The first-order valence-corrected chi connectivity index (χ1v) is 16.9. The van der Waals surface area contributed by atoms with Crippen molar-refractivity contribution in [3.63, 3.8) is 0 Å². The Morgan fingerprint density at radius 3 is 2.46 bits per heavy atom. The minimum absolute atomic E-state index is 0.128. The van der Waals surface area contributed by atoms with Gasteiger partial charge >= 0.3 is 12.2 Å². The number of Topliss-reactive ketones (excluding diaryl/α,β-unsaturated/α-hetero) is 1. The number of hydrogen-bond acceptors (Lipinski definition) is 10. The number of aliphatic hydroxyl groups is 1. The first kappa shape index (κ1) is 40.2. The third kappa shape index (κ3) is 13.6. The van der Waals surface area contributed by atoms with Crippen LogP contribution < -0.4 is 16.2 Å². The normalized spacial score (nSPS) is 16.0. The lowest BCUT2D eigenvalue weighted by Crippen LogP contribution is -2.51. The maximum Gasteiger partial charge on any atom is 0.407 e. The molecule has 1 aliphatic rings. The van der Waals surface area contributed by atoms with Crippen molar-refractivity contribution >= 4 is 46.4 Å². The maximum atomic E-state index is 13.1. The Hall–Kier alpha value is -4.23. The number of alkyl carbamates (subject to hydrolysis) is 1. The van der Waals surface area contributed by atoms with Crippen LogP contribution in [0, 0.1) is 11.8 Å². The molecule has 3 amide bonds. The number of hydrogen-bond donors (Lipinski definition) is 4. The fourth-order valence-electron chi connectivity index (χ4n) is 5.10. The highest BCUT2D eigenvalue weighted by molar-refractivity contribution is 6.32. The lowest BCUT2D eigenvalue weighted by Gasteiger charge is -2.36. The summed E-state index contributed by atoms with van der Waals surface area (Å²) in [6.45, 7) is 7.29. The Morgan fingerprint density at radius 1 is 1.08 bits per heavy atom. The molecule has 0 saturated carbocycles. The van der Waals surface area contributed by atoms with Crippen LogP contribution >= 0.6 is 11.6 Å². The second-order valence-corrected chi connectivity index (χ2v) is 13.1. The van der Waals surface area contributed by atoms with Gasteiger partial charge in [-0.15, -0.1) is 0 Å². The summed E-state index contributed by atoms with van der Waals surface area (Å²) < 4.78 is 17.1. The van der Waals surface area contributed by atoms with Crippen molar-refractivity contribution in [3.8, 4) is 11.8 Å². The van der Waals surface area contributed by atoms with Crippen molar-refractivity contribution in [1.29, 1.82) is 0 Å². The zero-order valence-corrected chi connectivity index (χ0v) is 29.4. The predicted molar refractivity (Wildman–Crippen MR) is 184 cm³/mol. The summed E-state index contributed by atoms with van der Waals surface area (Å²) in [5, 5.41) is 25.5. The number of nitrogens with zero attached hydrogens (tertiary/aromatic N) is 3. The second kappa shape index (κ2) is 19.8. The highest BCUT2D eigenvalue weighted by Gasteiger charge is 2.34. The topological polar surface area (TPSA) is 199 Å². The number of halogens is 1. The smallest absolute Gasteiger partial charge is 0.407 e. The molecule has 0 bridgehead atoms. The van der Waals surface area contributed by atoms with Gasteiger partial charge in [-0.3, -0.25) is 19.0 Å². The van der Waals surface area contributed by atoms with E-state index < -0.39 is 41.3 Å². The Kier molecular flexibility index (Phi) is 15.9. The molecule has 2 atom stereocenters. The highest BCUT2D eigenvalue weighted by Crippen LogP contribution is 2.22. The van der Waals surface area contributed by atoms with E-state index >= 15 is 0 Å². The molecule has 1 aliphatic heterocycles.